The highest BCUT2D eigenvalue weighted by molar-refractivity contribution is 6.99. The first-order valence-electron chi connectivity index (χ1n) is 5.82. The molecular weight excluding hydrogens is 248 g/mol. The topological polar surface area (TPSA) is 44.2 Å². The molecule has 2 aromatic rings. The molecule has 1 aliphatic heterocycles. The van der Waals surface area contributed by atoms with Crippen LogP contribution in [0, 0.1) is 0 Å². The maximum absolute atomic E-state index is 5.72. The van der Waals surface area contributed by atoms with Gasteiger partial charge >= 0.3 is 0 Å². The first-order chi connectivity index (χ1) is 8.65. The second kappa shape index (κ2) is 4.24. The van der Waals surface area contributed by atoms with Crippen molar-refractivity contribution in [1.29, 1.82) is 0 Å². The number of rotatable bonds is 3. The molecule has 4 nitrogen and oxygen atoms in total. The highest BCUT2D eigenvalue weighted by Crippen LogP contribution is 2.40. The van der Waals surface area contributed by atoms with Gasteiger partial charge in [-0.15, -0.1) is 0 Å². The fourth-order valence-electron chi connectivity index (χ4n) is 1.99. The van der Waals surface area contributed by atoms with Gasteiger partial charge in [0.1, 0.15) is 23.8 Å². The molecule has 0 saturated heterocycles. The largest absolute Gasteiger partial charge is 0.492 e. The second-order valence-electron chi connectivity index (χ2n) is 5.02. The average Bonchev–Trinajstić information content (AvgIpc) is 2.96. The van der Waals surface area contributed by atoms with Crippen LogP contribution in [-0.4, -0.2) is 15.4 Å². The molecule has 0 spiro atoms. The highest BCUT2D eigenvalue weighted by Gasteiger charge is 2.31. The van der Waals surface area contributed by atoms with Crippen molar-refractivity contribution in [3.05, 3.63) is 35.7 Å². The molecule has 0 fully saturated rings. The van der Waals surface area contributed by atoms with Crippen LogP contribution >= 0.6 is 11.7 Å². The lowest BCUT2D eigenvalue weighted by Crippen LogP contribution is -2.18. The third-order valence-electron chi connectivity index (χ3n) is 3.06. The van der Waals surface area contributed by atoms with Crippen molar-refractivity contribution in [3.63, 3.8) is 0 Å². The average molecular weight is 262 g/mol. The van der Waals surface area contributed by atoms with Gasteiger partial charge in [-0.3, -0.25) is 0 Å². The normalized spacial score (nSPS) is 16.1. The maximum Gasteiger partial charge on any atom is 0.133 e. The quantitative estimate of drug-likeness (QED) is 0.853. The summed E-state index contributed by atoms with van der Waals surface area (Å²) < 4.78 is 19.4. The third kappa shape index (κ3) is 2.06. The Hall–Kier alpha value is -1.62. The minimum atomic E-state index is 0.0525. The summed E-state index contributed by atoms with van der Waals surface area (Å²) >= 11 is 1.19. The number of aromatic nitrogens is 2. The van der Waals surface area contributed by atoms with Gasteiger partial charge in [0.2, 0.25) is 0 Å². The van der Waals surface area contributed by atoms with Crippen molar-refractivity contribution in [1.82, 2.24) is 8.75 Å². The molecule has 1 aromatic carbocycles. The van der Waals surface area contributed by atoms with Crippen LogP contribution in [0.15, 0.2) is 24.4 Å². The number of ether oxygens (including phenoxy) is 2. The van der Waals surface area contributed by atoms with Gasteiger partial charge in [-0.2, -0.15) is 8.75 Å². The van der Waals surface area contributed by atoms with Crippen molar-refractivity contribution < 1.29 is 9.47 Å². The van der Waals surface area contributed by atoms with E-state index in [1.165, 1.54) is 17.3 Å². The van der Waals surface area contributed by atoms with E-state index in [0.29, 0.717) is 6.61 Å². The molecule has 5 heteroatoms. The summed E-state index contributed by atoms with van der Waals surface area (Å²) in [6.45, 7) is 5.53. The Kier molecular flexibility index (Phi) is 2.70. The lowest BCUT2D eigenvalue weighted by Gasteiger charge is -2.15. The Balaban J connectivity index is 1.78. The first kappa shape index (κ1) is 11.5. The monoisotopic (exact) mass is 262 g/mol. The standard InChI is InChI=1S/C13H14N2O2S/c1-13(2)8-17-12-4-3-10(5-11(12)13)16-7-9-6-14-18-15-9/h3-6H,7-8H2,1-2H3. The van der Waals surface area contributed by atoms with Crippen molar-refractivity contribution in [3.8, 4) is 11.5 Å². The molecule has 1 aromatic heterocycles. The number of fused-ring (bicyclic) bond motifs is 1. The molecule has 3 rings (SSSR count). The van der Waals surface area contributed by atoms with Gasteiger partial charge < -0.3 is 9.47 Å². The molecule has 0 N–H and O–H groups in total. The van der Waals surface area contributed by atoms with E-state index < -0.39 is 0 Å². The molecule has 0 amide bonds. The van der Waals surface area contributed by atoms with Crippen LogP contribution in [0.5, 0.6) is 11.5 Å². The number of nitrogens with zero attached hydrogens (tertiary/aromatic N) is 2. The van der Waals surface area contributed by atoms with E-state index >= 15 is 0 Å². The van der Waals surface area contributed by atoms with E-state index in [1.807, 2.05) is 12.1 Å². The Labute approximate surface area is 110 Å². The molecule has 0 atom stereocenters. The van der Waals surface area contributed by atoms with E-state index in [0.717, 1.165) is 23.8 Å². The van der Waals surface area contributed by atoms with Crippen molar-refractivity contribution in [2.75, 3.05) is 6.61 Å². The Morgan fingerprint density at radius 2 is 2.33 bits per heavy atom. The molecule has 2 heterocycles. The van der Waals surface area contributed by atoms with E-state index in [1.54, 1.807) is 6.20 Å². The third-order valence-corrected chi connectivity index (χ3v) is 3.58. The summed E-state index contributed by atoms with van der Waals surface area (Å²) in [4.78, 5) is 0. The highest BCUT2D eigenvalue weighted by atomic mass is 32.1. The SMILES string of the molecule is CC1(C)COc2ccc(OCc3cnsn3)cc21. The van der Waals surface area contributed by atoms with Crippen LogP contribution in [0.2, 0.25) is 0 Å². The van der Waals surface area contributed by atoms with Gasteiger partial charge in [0.05, 0.1) is 24.5 Å². The Morgan fingerprint density at radius 1 is 1.44 bits per heavy atom. The number of hydrogen-bond donors (Lipinski definition) is 0. The molecule has 1 aliphatic rings. The minimum Gasteiger partial charge on any atom is -0.492 e. The zero-order chi connectivity index (χ0) is 12.6. The van der Waals surface area contributed by atoms with Crippen LogP contribution in [0.4, 0.5) is 0 Å². The van der Waals surface area contributed by atoms with Crippen LogP contribution in [0.25, 0.3) is 0 Å². The van der Waals surface area contributed by atoms with E-state index in [-0.39, 0.29) is 5.41 Å². The van der Waals surface area contributed by atoms with Gasteiger partial charge in [-0.1, -0.05) is 13.8 Å². The lowest BCUT2D eigenvalue weighted by molar-refractivity contribution is 0.291. The predicted molar refractivity (Wildman–Crippen MR) is 69.2 cm³/mol. The molecule has 0 aliphatic carbocycles. The number of hydrogen-bond acceptors (Lipinski definition) is 5. The fraction of sp³-hybridized carbons (Fsp3) is 0.385. The second-order valence-corrected chi connectivity index (χ2v) is 5.57. The Morgan fingerprint density at radius 3 is 3.11 bits per heavy atom. The summed E-state index contributed by atoms with van der Waals surface area (Å²) in [7, 11) is 0. The van der Waals surface area contributed by atoms with E-state index in [4.69, 9.17) is 9.47 Å². The number of benzene rings is 1. The molecule has 18 heavy (non-hydrogen) atoms. The van der Waals surface area contributed by atoms with E-state index in [9.17, 15) is 0 Å². The van der Waals surface area contributed by atoms with Gasteiger partial charge in [0.15, 0.2) is 0 Å². The van der Waals surface area contributed by atoms with Crippen LogP contribution < -0.4 is 9.47 Å². The summed E-state index contributed by atoms with van der Waals surface area (Å²) in [6, 6.07) is 5.96. The summed E-state index contributed by atoms with van der Waals surface area (Å²) in [5.41, 5.74) is 2.11. The molecular formula is C13H14N2O2S. The van der Waals surface area contributed by atoms with Gasteiger partial charge in [0.25, 0.3) is 0 Å². The minimum absolute atomic E-state index is 0.0525. The zero-order valence-electron chi connectivity index (χ0n) is 10.3. The van der Waals surface area contributed by atoms with Gasteiger partial charge in [0, 0.05) is 11.0 Å². The maximum atomic E-state index is 5.72. The smallest absolute Gasteiger partial charge is 0.133 e. The Bertz CT molecular complexity index is 552. The molecule has 0 saturated carbocycles. The molecule has 0 bridgehead atoms. The van der Waals surface area contributed by atoms with E-state index in [2.05, 4.69) is 28.7 Å². The molecule has 94 valence electrons. The van der Waals surface area contributed by atoms with Crippen molar-refractivity contribution in [2.45, 2.75) is 25.9 Å². The first-order valence-corrected chi connectivity index (χ1v) is 6.55. The van der Waals surface area contributed by atoms with Crippen LogP contribution in [-0.2, 0) is 12.0 Å². The molecule has 0 radical (unpaired) electrons. The summed E-state index contributed by atoms with van der Waals surface area (Å²) in [5, 5.41) is 0. The van der Waals surface area contributed by atoms with Crippen molar-refractivity contribution >= 4 is 11.7 Å². The van der Waals surface area contributed by atoms with Crippen LogP contribution in [0.1, 0.15) is 25.1 Å². The van der Waals surface area contributed by atoms with Crippen LogP contribution in [0.3, 0.4) is 0 Å². The fourth-order valence-corrected chi connectivity index (χ4v) is 2.42. The van der Waals surface area contributed by atoms with Gasteiger partial charge in [-0.25, -0.2) is 0 Å². The van der Waals surface area contributed by atoms with Gasteiger partial charge in [-0.05, 0) is 18.2 Å². The van der Waals surface area contributed by atoms with Crippen molar-refractivity contribution in [2.24, 2.45) is 0 Å². The molecule has 0 unspecified atom stereocenters. The summed E-state index contributed by atoms with van der Waals surface area (Å²) in [5.74, 6) is 1.81. The zero-order valence-corrected chi connectivity index (χ0v) is 11.2. The summed E-state index contributed by atoms with van der Waals surface area (Å²) in [6.07, 6.45) is 1.73. The predicted octanol–water partition coefficient (Wildman–Crippen LogP) is 2.79. The lowest BCUT2D eigenvalue weighted by atomic mass is 9.87.